The molecule has 164 valence electrons. The topological polar surface area (TPSA) is 86.7 Å². The van der Waals surface area contributed by atoms with Crippen LogP contribution in [0, 0.1) is 6.92 Å². The number of benzene rings is 2. The van der Waals surface area contributed by atoms with E-state index in [1.807, 2.05) is 37.3 Å². The number of rotatable bonds is 8. The Labute approximate surface area is 183 Å². The quantitative estimate of drug-likeness (QED) is 0.661. The summed E-state index contributed by atoms with van der Waals surface area (Å²) in [5.74, 6) is -1.67. The molecule has 1 aliphatic carbocycles. The van der Waals surface area contributed by atoms with Crippen LogP contribution in [0.3, 0.4) is 0 Å². The molecule has 1 atom stereocenters. The fraction of sp³-hybridized carbons (Fsp3) is 0.400. The zero-order chi connectivity index (χ0) is 22.2. The van der Waals surface area contributed by atoms with Crippen molar-refractivity contribution < 1.29 is 19.5 Å². The monoisotopic (exact) mass is 422 g/mol. The Bertz CT molecular complexity index is 889. The van der Waals surface area contributed by atoms with E-state index in [-0.39, 0.29) is 24.8 Å². The first kappa shape index (κ1) is 22.5. The van der Waals surface area contributed by atoms with E-state index in [0.717, 1.165) is 31.2 Å². The van der Waals surface area contributed by atoms with Gasteiger partial charge in [-0.1, -0.05) is 67.3 Å². The summed E-state index contributed by atoms with van der Waals surface area (Å²) in [6, 6.07) is 15.8. The number of nitrogens with one attached hydrogen (secondary N) is 1. The number of para-hydroxylation sites is 1. The maximum absolute atomic E-state index is 13.5. The Morgan fingerprint density at radius 2 is 1.61 bits per heavy atom. The number of hydrogen-bond donors (Lipinski definition) is 2. The third kappa shape index (κ3) is 6.17. The molecule has 1 unspecified atom stereocenters. The van der Waals surface area contributed by atoms with E-state index in [4.69, 9.17) is 5.11 Å². The molecule has 2 N–H and O–H groups in total. The van der Waals surface area contributed by atoms with Crippen molar-refractivity contribution in [3.63, 3.8) is 0 Å². The van der Waals surface area contributed by atoms with E-state index in [2.05, 4.69) is 5.32 Å². The van der Waals surface area contributed by atoms with Crippen LogP contribution in [0.25, 0.3) is 0 Å². The van der Waals surface area contributed by atoms with E-state index in [1.54, 1.807) is 24.3 Å². The number of nitrogens with zero attached hydrogens (tertiary/aromatic N) is 1. The molecule has 2 amide bonds. The fourth-order valence-electron chi connectivity index (χ4n) is 4.05. The van der Waals surface area contributed by atoms with Gasteiger partial charge in [-0.2, -0.15) is 0 Å². The molecule has 1 saturated carbocycles. The second-order valence-electron chi connectivity index (χ2n) is 8.15. The van der Waals surface area contributed by atoms with Gasteiger partial charge in [-0.25, -0.2) is 0 Å². The molecule has 3 rings (SSSR count). The van der Waals surface area contributed by atoms with Crippen molar-refractivity contribution in [3.05, 3.63) is 65.7 Å². The molecule has 2 aromatic carbocycles. The lowest BCUT2D eigenvalue weighted by molar-refractivity contribution is -0.138. The van der Waals surface area contributed by atoms with Gasteiger partial charge in [0.15, 0.2) is 0 Å². The summed E-state index contributed by atoms with van der Waals surface area (Å²) < 4.78 is 0. The summed E-state index contributed by atoms with van der Waals surface area (Å²) in [5.41, 5.74) is 2.33. The largest absolute Gasteiger partial charge is 0.481 e. The van der Waals surface area contributed by atoms with Gasteiger partial charge in [0.2, 0.25) is 11.8 Å². The predicted molar refractivity (Wildman–Crippen MR) is 120 cm³/mol. The first-order valence-corrected chi connectivity index (χ1v) is 10.9. The highest BCUT2D eigenvalue weighted by Gasteiger charge is 2.34. The number of amides is 2. The van der Waals surface area contributed by atoms with Crippen molar-refractivity contribution in [1.82, 2.24) is 5.32 Å². The zero-order valence-electron chi connectivity index (χ0n) is 17.9. The standard InChI is InChI=1S/C25H30N2O4/c1-18-12-14-19(15-13-18)24(25(31)26-20-8-4-2-5-9-20)27(21-10-6-3-7-11-21)22(28)16-17-23(29)30/h3,6-7,10-15,20,24H,2,4-5,8-9,16-17H2,1H3,(H,26,31)(H,29,30). The lowest BCUT2D eigenvalue weighted by atomic mass is 9.94. The molecule has 6 heteroatoms. The average Bonchev–Trinajstić information content (AvgIpc) is 2.77. The Morgan fingerprint density at radius 1 is 0.968 bits per heavy atom. The van der Waals surface area contributed by atoms with Gasteiger partial charge in [0, 0.05) is 18.2 Å². The number of carbonyl (C=O) groups excluding carboxylic acids is 2. The molecular weight excluding hydrogens is 392 g/mol. The zero-order valence-corrected chi connectivity index (χ0v) is 17.9. The molecule has 0 radical (unpaired) electrons. The molecule has 1 aliphatic rings. The molecule has 1 fully saturated rings. The number of carbonyl (C=O) groups is 3. The lowest BCUT2D eigenvalue weighted by Gasteiger charge is -2.33. The van der Waals surface area contributed by atoms with E-state index in [0.29, 0.717) is 11.3 Å². The molecule has 0 heterocycles. The maximum atomic E-state index is 13.5. The minimum absolute atomic E-state index is 0.0981. The van der Waals surface area contributed by atoms with Crippen molar-refractivity contribution in [2.24, 2.45) is 0 Å². The molecule has 31 heavy (non-hydrogen) atoms. The minimum Gasteiger partial charge on any atom is -0.481 e. The van der Waals surface area contributed by atoms with Gasteiger partial charge in [0.25, 0.3) is 0 Å². The van der Waals surface area contributed by atoms with E-state index >= 15 is 0 Å². The highest BCUT2D eigenvalue weighted by Crippen LogP contribution is 2.30. The van der Waals surface area contributed by atoms with Crippen molar-refractivity contribution >= 4 is 23.5 Å². The van der Waals surface area contributed by atoms with Gasteiger partial charge >= 0.3 is 5.97 Å². The van der Waals surface area contributed by atoms with Crippen LogP contribution < -0.4 is 10.2 Å². The Balaban J connectivity index is 1.98. The van der Waals surface area contributed by atoms with Crippen LogP contribution in [0.15, 0.2) is 54.6 Å². The van der Waals surface area contributed by atoms with E-state index in [9.17, 15) is 14.4 Å². The van der Waals surface area contributed by atoms with Gasteiger partial charge in [0.05, 0.1) is 6.42 Å². The van der Waals surface area contributed by atoms with E-state index < -0.39 is 17.9 Å². The van der Waals surface area contributed by atoms with Crippen molar-refractivity contribution in [3.8, 4) is 0 Å². The van der Waals surface area contributed by atoms with Gasteiger partial charge in [-0.3, -0.25) is 19.3 Å². The summed E-state index contributed by atoms with van der Waals surface area (Å²) in [4.78, 5) is 39.3. The van der Waals surface area contributed by atoms with Crippen molar-refractivity contribution in [2.75, 3.05) is 4.90 Å². The van der Waals surface area contributed by atoms with Crippen molar-refractivity contribution in [1.29, 1.82) is 0 Å². The number of hydrogen-bond acceptors (Lipinski definition) is 3. The van der Waals surface area contributed by atoms with Gasteiger partial charge in [0.1, 0.15) is 6.04 Å². The van der Waals surface area contributed by atoms with Crippen molar-refractivity contribution in [2.45, 2.75) is 64.0 Å². The summed E-state index contributed by atoms with van der Waals surface area (Å²) in [6.07, 6.45) is 4.75. The molecular formula is C25H30N2O4. The summed E-state index contributed by atoms with van der Waals surface area (Å²) >= 11 is 0. The molecule has 0 aromatic heterocycles. The first-order chi connectivity index (χ1) is 15.0. The Kier molecular flexibility index (Phi) is 7.82. The fourth-order valence-corrected chi connectivity index (χ4v) is 4.05. The number of aryl methyl sites for hydroxylation is 1. The molecule has 0 saturated heterocycles. The highest BCUT2D eigenvalue weighted by molar-refractivity contribution is 6.02. The summed E-state index contributed by atoms with van der Waals surface area (Å²) in [7, 11) is 0. The SMILES string of the molecule is Cc1ccc(C(C(=O)NC2CCCCC2)N(C(=O)CCC(=O)O)c2ccccc2)cc1. The predicted octanol–water partition coefficient (Wildman–Crippen LogP) is 4.38. The summed E-state index contributed by atoms with van der Waals surface area (Å²) in [5, 5.41) is 12.2. The van der Waals surface area contributed by atoms with Crippen LogP contribution in [0.2, 0.25) is 0 Å². The smallest absolute Gasteiger partial charge is 0.303 e. The lowest BCUT2D eigenvalue weighted by Crippen LogP contribution is -2.47. The van der Waals surface area contributed by atoms with Crippen LogP contribution in [0.5, 0.6) is 0 Å². The molecule has 6 nitrogen and oxygen atoms in total. The molecule has 2 aromatic rings. The normalized spacial score (nSPS) is 15.1. The summed E-state index contributed by atoms with van der Waals surface area (Å²) in [6.45, 7) is 1.97. The maximum Gasteiger partial charge on any atom is 0.303 e. The van der Waals surface area contributed by atoms with Crippen LogP contribution in [0.4, 0.5) is 5.69 Å². The second-order valence-corrected chi connectivity index (χ2v) is 8.15. The molecule has 0 bridgehead atoms. The number of carboxylic acids is 1. The van der Waals surface area contributed by atoms with E-state index in [1.165, 1.54) is 11.3 Å². The van der Waals surface area contributed by atoms with Crippen LogP contribution >= 0.6 is 0 Å². The average molecular weight is 423 g/mol. The molecule has 0 aliphatic heterocycles. The van der Waals surface area contributed by atoms with Crippen LogP contribution in [-0.2, 0) is 14.4 Å². The number of carboxylic acid groups (broad SMARTS) is 1. The minimum atomic E-state index is -1.04. The first-order valence-electron chi connectivity index (χ1n) is 10.9. The van der Waals surface area contributed by atoms with Gasteiger partial charge < -0.3 is 10.4 Å². The number of aliphatic carboxylic acids is 1. The Morgan fingerprint density at radius 3 is 2.23 bits per heavy atom. The third-order valence-corrected chi connectivity index (χ3v) is 5.71. The number of anilines is 1. The Hall–Kier alpha value is -3.15. The second kappa shape index (κ2) is 10.8. The highest BCUT2D eigenvalue weighted by atomic mass is 16.4. The van der Waals surface area contributed by atoms with Crippen LogP contribution in [-0.4, -0.2) is 28.9 Å². The van der Waals surface area contributed by atoms with Gasteiger partial charge in [-0.05, 0) is 37.5 Å². The third-order valence-electron chi connectivity index (χ3n) is 5.71. The van der Waals surface area contributed by atoms with Gasteiger partial charge in [-0.15, -0.1) is 0 Å². The van der Waals surface area contributed by atoms with Crippen LogP contribution in [0.1, 0.15) is 62.1 Å². The molecule has 0 spiro atoms.